The van der Waals surface area contributed by atoms with Gasteiger partial charge < -0.3 is 14.4 Å². The van der Waals surface area contributed by atoms with E-state index < -0.39 is 0 Å². The number of aromatic nitrogens is 3. The van der Waals surface area contributed by atoms with Gasteiger partial charge in [0.25, 0.3) is 0 Å². The van der Waals surface area contributed by atoms with E-state index in [-0.39, 0.29) is 0 Å². The summed E-state index contributed by atoms with van der Waals surface area (Å²) in [4.78, 5) is 2.47. The number of nitrogens with zero attached hydrogens (tertiary/aromatic N) is 4. The van der Waals surface area contributed by atoms with Crippen LogP contribution in [0.1, 0.15) is 70.0 Å². The SMILES string of the molecule is C1CCC(CCc2nnc(N3CC[C@]4(CCOC4)C3)n2C[C@H]2CCCO2)CC1. The molecule has 1 aliphatic carbocycles. The minimum Gasteiger partial charge on any atom is -0.381 e. The maximum Gasteiger partial charge on any atom is 0.227 e. The largest absolute Gasteiger partial charge is 0.381 e. The molecule has 1 aromatic rings. The third-order valence-electron chi connectivity index (χ3n) is 7.63. The highest BCUT2D eigenvalue weighted by atomic mass is 16.5. The van der Waals surface area contributed by atoms with Crippen LogP contribution in [0.2, 0.25) is 0 Å². The molecule has 1 aromatic heterocycles. The molecule has 6 nitrogen and oxygen atoms in total. The van der Waals surface area contributed by atoms with Gasteiger partial charge in [-0.1, -0.05) is 32.1 Å². The summed E-state index contributed by atoms with van der Waals surface area (Å²) in [5.74, 6) is 3.15. The number of hydrogen-bond acceptors (Lipinski definition) is 5. The van der Waals surface area contributed by atoms with Gasteiger partial charge in [-0.25, -0.2) is 0 Å². The van der Waals surface area contributed by atoms with E-state index in [4.69, 9.17) is 14.6 Å². The lowest BCUT2D eigenvalue weighted by atomic mass is 9.86. The lowest BCUT2D eigenvalue weighted by Gasteiger charge is -2.24. The zero-order valence-corrected chi connectivity index (χ0v) is 17.3. The second-order valence-electron chi connectivity index (χ2n) is 9.68. The van der Waals surface area contributed by atoms with Crippen LogP contribution in [-0.4, -0.2) is 53.8 Å². The van der Waals surface area contributed by atoms with Crippen LogP contribution in [0.4, 0.5) is 5.95 Å². The Bertz CT molecular complexity index is 643. The molecule has 0 N–H and O–H groups in total. The van der Waals surface area contributed by atoms with Gasteiger partial charge in [0.1, 0.15) is 5.82 Å². The highest BCUT2D eigenvalue weighted by Gasteiger charge is 2.42. The molecule has 4 aliphatic rings. The van der Waals surface area contributed by atoms with Crippen LogP contribution >= 0.6 is 0 Å². The molecule has 0 amide bonds. The van der Waals surface area contributed by atoms with Crippen molar-refractivity contribution in [2.75, 3.05) is 37.8 Å². The summed E-state index contributed by atoms with van der Waals surface area (Å²) >= 11 is 0. The Balaban J connectivity index is 1.31. The number of ether oxygens (including phenoxy) is 2. The lowest BCUT2D eigenvalue weighted by Crippen LogP contribution is -2.30. The van der Waals surface area contributed by atoms with Crippen molar-refractivity contribution < 1.29 is 9.47 Å². The van der Waals surface area contributed by atoms with Crippen LogP contribution in [0, 0.1) is 11.3 Å². The van der Waals surface area contributed by atoms with Gasteiger partial charge in [-0.15, -0.1) is 10.2 Å². The van der Waals surface area contributed by atoms with Crippen LogP contribution < -0.4 is 4.90 Å². The van der Waals surface area contributed by atoms with E-state index >= 15 is 0 Å². The number of anilines is 1. The van der Waals surface area contributed by atoms with Crippen molar-refractivity contribution in [2.24, 2.45) is 11.3 Å². The molecule has 4 heterocycles. The molecule has 1 spiro atoms. The van der Waals surface area contributed by atoms with Crippen molar-refractivity contribution in [2.45, 2.75) is 83.3 Å². The summed E-state index contributed by atoms with van der Waals surface area (Å²) in [5.41, 5.74) is 0.350. The molecule has 6 heteroatoms. The predicted molar refractivity (Wildman–Crippen MR) is 109 cm³/mol. The Hall–Kier alpha value is -1.14. The second-order valence-corrected chi connectivity index (χ2v) is 9.68. The topological polar surface area (TPSA) is 52.4 Å². The highest BCUT2D eigenvalue weighted by Crippen LogP contribution is 2.40. The first-order valence-electron chi connectivity index (χ1n) is 11.7. The normalized spacial score (nSPS) is 31.4. The van der Waals surface area contributed by atoms with E-state index in [1.165, 1.54) is 63.6 Å². The second kappa shape index (κ2) is 8.31. The average molecular weight is 389 g/mol. The zero-order valence-electron chi connectivity index (χ0n) is 17.3. The summed E-state index contributed by atoms with van der Waals surface area (Å²) in [6.07, 6.45) is 14.5. The fourth-order valence-electron chi connectivity index (χ4n) is 5.81. The van der Waals surface area contributed by atoms with Crippen LogP contribution in [0.5, 0.6) is 0 Å². The Kier molecular flexibility index (Phi) is 5.60. The zero-order chi connectivity index (χ0) is 18.8. The maximum absolute atomic E-state index is 5.97. The van der Waals surface area contributed by atoms with Crippen molar-refractivity contribution >= 4 is 5.95 Å². The summed E-state index contributed by atoms with van der Waals surface area (Å²) in [6.45, 7) is 5.81. The first-order chi connectivity index (χ1) is 13.8. The van der Waals surface area contributed by atoms with Crippen LogP contribution in [0.3, 0.4) is 0 Å². The van der Waals surface area contributed by atoms with Crippen molar-refractivity contribution in [1.82, 2.24) is 14.8 Å². The first kappa shape index (κ1) is 18.9. The van der Waals surface area contributed by atoms with Crippen LogP contribution in [0.15, 0.2) is 0 Å². The molecule has 4 fully saturated rings. The predicted octanol–water partition coefficient (Wildman–Crippen LogP) is 3.59. The molecule has 1 saturated carbocycles. The van der Waals surface area contributed by atoms with Crippen molar-refractivity contribution in [3.8, 4) is 0 Å². The highest BCUT2D eigenvalue weighted by molar-refractivity contribution is 5.34. The molecule has 3 saturated heterocycles. The molecule has 28 heavy (non-hydrogen) atoms. The van der Waals surface area contributed by atoms with Gasteiger partial charge in [-0.3, -0.25) is 4.57 Å². The maximum atomic E-state index is 5.97. The van der Waals surface area contributed by atoms with Gasteiger partial charge in [-0.05, 0) is 38.0 Å². The molecule has 0 aromatic carbocycles. The smallest absolute Gasteiger partial charge is 0.227 e. The fourth-order valence-corrected chi connectivity index (χ4v) is 5.81. The molecule has 0 radical (unpaired) electrons. The summed E-state index contributed by atoms with van der Waals surface area (Å²) in [5, 5.41) is 9.39. The Morgan fingerprint density at radius 1 is 1.00 bits per heavy atom. The van der Waals surface area contributed by atoms with Gasteiger partial charge in [0.05, 0.1) is 19.3 Å². The summed E-state index contributed by atoms with van der Waals surface area (Å²) < 4.78 is 14.1. The Labute approximate surface area is 169 Å². The number of hydrogen-bond donors (Lipinski definition) is 0. The molecule has 5 rings (SSSR count). The van der Waals surface area contributed by atoms with Crippen molar-refractivity contribution in [3.05, 3.63) is 5.82 Å². The number of rotatable bonds is 6. The Morgan fingerprint density at radius 2 is 1.93 bits per heavy atom. The van der Waals surface area contributed by atoms with Crippen molar-refractivity contribution in [1.29, 1.82) is 0 Å². The van der Waals surface area contributed by atoms with E-state index in [0.29, 0.717) is 11.5 Å². The third kappa shape index (κ3) is 3.95. The minimum atomic E-state index is 0.328. The minimum absolute atomic E-state index is 0.328. The number of aryl methyl sites for hydroxylation is 1. The van der Waals surface area contributed by atoms with Gasteiger partial charge in [0, 0.05) is 38.1 Å². The van der Waals surface area contributed by atoms with E-state index in [1.54, 1.807) is 0 Å². The first-order valence-corrected chi connectivity index (χ1v) is 11.7. The third-order valence-corrected chi connectivity index (χ3v) is 7.63. The van der Waals surface area contributed by atoms with Gasteiger partial charge in [0.2, 0.25) is 5.95 Å². The molecule has 0 bridgehead atoms. The van der Waals surface area contributed by atoms with Gasteiger partial charge >= 0.3 is 0 Å². The molecule has 156 valence electrons. The van der Waals surface area contributed by atoms with Gasteiger partial charge in [-0.2, -0.15) is 0 Å². The fraction of sp³-hybridized carbons (Fsp3) is 0.909. The molecular formula is C22H36N4O2. The Morgan fingerprint density at radius 3 is 2.71 bits per heavy atom. The van der Waals surface area contributed by atoms with Crippen LogP contribution in [0.25, 0.3) is 0 Å². The van der Waals surface area contributed by atoms with E-state index in [0.717, 1.165) is 64.2 Å². The van der Waals surface area contributed by atoms with E-state index in [9.17, 15) is 0 Å². The monoisotopic (exact) mass is 388 g/mol. The van der Waals surface area contributed by atoms with E-state index in [1.807, 2.05) is 0 Å². The van der Waals surface area contributed by atoms with Gasteiger partial charge in [0.15, 0.2) is 0 Å². The quantitative estimate of drug-likeness (QED) is 0.745. The molecular weight excluding hydrogens is 352 g/mol. The lowest BCUT2D eigenvalue weighted by molar-refractivity contribution is 0.0963. The summed E-state index contributed by atoms with van der Waals surface area (Å²) in [7, 11) is 0. The summed E-state index contributed by atoms with van der Waals surface area (Å²) in [6, 6.07) is 0. The van der Waals surface area contributed by atoms with E-state index in [2.05, 4.69) is 14.6 Å². The molecule has 2 atom stereocenters. The van der Waals surface area contributed by atoms with Crippen LogP contribution in [-0.2, 0) is 22.4 Å². The standard InChI is InChI=1S/C22H36N4O2/c1-2-5-18(6-3-1)8-9-20-23-24-21(26(20)15-19-7-4-13-28-19)25-12-10-22(16-25)11-14-27-17-22/h18-19H,1-17H2/t19-,22+/m1/s1. The van der Waals surface area contributed by atoms with Crippen molar-refractivity contribution in [3.63, 3.8) is 0 Å². The molecule has 3 aliphatic heterocycles. The average Bonchev–Trinajstić information content (AvgIpc) is 3.52. The molecule has 0 unspecified atom stereocenters.